The molecule has 0 aromatic heterocycles. The maximum atomic E-state index is 11.9. The minimum Gasteiger partial charge on any atom is -0.285 e. The molecule has 0 saturated carbocycles. The van der Waals surface area contributed by atoms with E-state index in [1.54, 1.807) is 24.3 Å². The molecule has 82 valence electrons. The van der Waals surface area contributed by atoms with E-state index in [1.165, 1.54) is 24.3 Å². The molecule has 2 rings (SSSR count). The molecule has 0 fully saturated rings. The Morgan fingerprint density at radius 3 is 1.17 bits per heavy atom. The zero-order chi connectivity index (χ0) is 13.1. The van der Waals surface area contributed by atoms with Crippen molar-refractivity contribution in [2.75, 3.05) is 0 Å². The molecule has 18 heavy (non-hydrogen) atoms. The first-order chi connectivity index (χ1) is 8.58. The molecule has 0 aliphatic rings. The highest BCUT2D eigenvalue weighted by molar-refractivity contribution is 6.49. The maximum absolute atomic E-state index is 11.9. The van der Waals surface area contributed by atoms with Crippen molar-refractivity contribution >= 4 is 38.2 Å². The van der Waals surface area contributed by atoms with Gasteiger partial charge in [0, 0.05) is 11.1 Å². The third kappa shape index (κ3) is 2.59. The van der Waals surface area contributed by atoms with Crippen molar-refractivity contribution in [3.05, 3.63) is 59.7 Å². The van der Waals surface area contributed by atoms with Crippen LogP contribution in [0, 0.1) is 0 Å². The van der Waals surface area contributed by atoms with E-state index >= 15 is 0 Å². The first-order valence-corrected chi connectivity index (χ1v) is 5.38. The predicted octanol–water partition coefficient (Wildman–Crippen LogP) is 0.340. The molecular formula is C14H8B2O2. The highest BCUT2D eigenvalue weighted by Crippen LogP contribution is 2.06. The van der Waals surface area contributed by atoms with Gasteiger partial charge in [-0.15, -0.1) is 0 Å². The van der Waals surface area contributed by atoms with E-state index < -0.39 is 11.6 Å². The quantitative estimate of drug-likeness (QED) is 0.432. The number of benzene rings is 2. The van der Waals surface area contributed by atoms with Gasteiger partial charge in [-0.1, -0.05) is 59.5 Å². The average Bonchev–Trinajstić information content (AvgIpc) is 2.39. The summed E-state index contributed by atoms with van der Waals surface area (Å²) in [4.78, 5) is 23.8. The standard InChI is InChI=1S/C14H8B2O2/c15-11-5-1-9(2-6-11)13(17)14(18)10-3-7-12(16)8-4-10/h1-8H. The fourth-order valence-corrected chi connectivity index (χ4v) is 1.53. The van der Waals surface area contributed by atoms with Crippen molar-refractivity contribution in [1.82, 2.24) is 0 Å². The molecule has 2 aromatic rings. The second-order valence-corrected chi connectivity index (χ2v) is 3.90. The largest absolute Gasteiger partial charge is 0.285 e. The molecule has 0 unspecified atom stereocenters. The molecule has 0 amide bonds. The number of carbonyl (C=O) groups is 2. The zero-order valence-corrected chi connectivity index (χ0v) is 9.59. The lowest BCUT2D eigenvalue weighted by Crippen LogP contribution is -2.16. The Balaban J connectivity index is 2.26. The van der Waals surface area contributed by atoms with Crippen LogP contribution in [0.4, 0.5) is 0 Å². The maximum Gasteiger partial charge on any atom is 0.233 e. The fourth-order valence-electron chi connectivity index (χ4n) is 1.53. The third-order valence-electron chi connectivity index (χ3n) is 2.55. The summed E-state index contributed by atoms with van der Waals surface area (Å²) < 4.78 is 0. The lowest BCUT2D eigenvalue weighted by Gasteiger charge is -2.02. The summed E-state index contributed by atoms with van der Waals surface area (Å²) in [6.07, 6.45) is 0. The van der Waals surface area contributed by atoms with E-state index in [1.807, 2.05) is 0 Å². The summed E-state index contributed by atoms with van der Waals surface area (Å²) in [5.41, 5.74) is 1.75. The number of hydrogen-bond donors (Lipinski definition) is 0. The van der Waals surface area contributed by atoms with E-state index in [0.717, 1.165) is 0 Å². The number of ketones is 2. The summed E-state index contributed by atoms with van der Waals surface area (Å²) >= 11 is 0. The summed E-state index contributed by atoms with van der Waals surface area (Å²) in [7, 11) is 11.0. The van der Waals surface area contributed by atoms with E-state index in [-0.39, 0.29) is 0 Å². The monoisotopic (exact) mass is 230 g/mol. The molecule has 4 radical (unpaired) electrons. The number of carbonyl (C=O) groups excluding carboxylic acids is 2. The summed E-state index contributed by atoms with van der Waals surface area (Å²) in [5.74, 6) is -1.11. The molecule has 0 atom stereocenters. The lowest BCUT2D eigenvalue weighted by atomic mass is 9.91. The lowest BCUT2D eigenvalue weighted by molar-refractivity contribution is 0.0817. The van der Waals surface area contributed by atoms with Crippen LogP contribution in [0.15, 0.2) is 48.5 Å². The Morgan fingerprint density at radius 2 is 0.889 bits per heavy atom. The molecule has 4 heteroatoms. The predicted molar refractivity (Wildman–Crippen MR) is 72.3 cm³/mol. The number of rotatable bonds is 3. The molecule has 0 aliphatic carbocycles. The molecule has 0 heterocycles. The van der Waals surface area contributed by atoms with Gasteiger partial charge in [0.15, 0.2) is 0 Å². The Morgan fingerprint density at radius 1 is 0.611 bits per heavy atom. The highest BCUT2D eigenvalue weighted by Gasteiger charge is 2.17. The van der Waals surface area contributed by atoms with Crippen LogP contribution in [-0.4, -0.2) is 27.3 Å². The zero-order valence-electron chi connectivity index (χ0n) is 9.59. The van der Waals surface area contributed by atoms with Gasteiger partial charge < -0.3 is 0 Å². The molecule has 0 saturated heterocycles. The first-order valence-electron chi connectivity index (χ1n) is 5.38. The van der Waals surface area contributed by atoms with Gasteiger partial charge in [0.25, 0.3) is 0 Å². The normalized spacial score (nSPS) is 10.0. The van der Waals surface area contributed by atoms with Crippen molar-refractivity contribution in [2.24, 2.45) is 0 Å². The van der Waals surface area contributed by atoms with Gasteiger partial charge in [0.1, 0.15) is 15.7 Å². The highest BCUT2D eigenvalue weighted by atomic mass is 16.2. The van der Waals surface area contributed by atoms with Crippen LogP contribution in [0.25, 0.3) is 0 Å². The van der Waals surface area contributed by atoms with Crippen LogP contribution < -0.4 is 10.9 Å². The van der Waals surface area contributed by atoms with Crippen LogP contribution in [-0.2, 0) is 0 Å². The van der Waals surface area contributed by atoms with E-state index in [4.69, 9.17) is 15.7 Å². The topological polar surface area (TPSA) is 34.1 Å². The molecule has 0 bridgehead atoms. The Labute approximate surface area is 108 Å². The minimum atomic E-state index is -0.556. The average molecular weight is 230 g/mol. The SMILES string of the molecule is [B]c1ccc(C(=O)C(=O)c2ccc([B])cc2)cc1. The second-order valence-electron chi connectivity index (χ2n) is 3.90. The van der Waals surface area contributed by atoms with Crippen molar-refractivity contribution in [1.29, 1.82) is 0 Å². The Hall–Kier alpha value is -2.09. The van der Waals surface area contributed by atoms with Crippen molar-refractivity contribution < 1.29 is 9.59 Å². The second kappa shape index (κ2) is 5.05. The molecule has 0 N–H and O–H groups in total. The first kappa shape index (κ1) is 12.4. The Bertz CT molecular complexity index is 531. The van der Waals surface area contributed by atoms with Gasteiger partial charge in [-0.3, -0.25) is 9.59 Å². The molecular weight excluding hydrogens is 222 g/mol. The van der Waals surface area contributed by atoms with Crippen molar-refractivity contribution in [2.45, 2.75) is 0 Å². The molecule has 0 spiro atoms. The fraction of sp³-hybridized carbons (Fsp3) is 0. The van der Waals surface area contributed by atoms with E-state index in [9.17, 15) is 9.59 Å². The van der Waals surface area contributed by atoms with E-state index in [0.29, 0.717) is 22.1 Å². The van der Waals surface area contributed by atoms with Crippen LogP contribution in [0.2, 0.25) is 0 Å². The number of Topliss-reactive ketones (excluding diaryl/α,β-unsaturated/α-hetero) is 2. The molecule has 2 aromatic carbocycles. The number of hydrogen-bond acceptors (Lipinski definition) is 2. The minimum absolute atomic E-state index is 0.325. The van der Waals surface area contributed by atoms with Gasteiger partial charge in [-0.2, -0.15) is 0 Å². The summed E-state index contributed by atoms with van der Waals surface area (Å²) in [6.45, 7) is 0. The molecule has 2 nitrogen and oxygen atoms in total. The van der Waals surface area contributed by atoms with Gasteiger partial charge in [-0.05, 0) is 0 Å². The Kier molecular flexibility index (Phi) is 3.47. The third-order valence-corrected chi connectivity index (χ3v) is 2.55. The van der Waals surface area contributed by atoms with E-state index in [2.05, 4.69) is 0 Å². The van der Waals surface area contributed by atoms with Gasteiger partial charge in [0.05, 0.1) is 0 Å². The van der Waals surface area contributed by atoms with Crippen LogP contribution in [0.1, 0.15) is 20.7 Å². The van der Waals surface area contributed by atoms with Crippen molar-refractivity contribution in [3.63, 3.8) is 0 Å². The summed E-state index contributed by atoms with van der Waals surface area (Å²) in [5, 5.41) is 0. The smallest absolute Gasteiger partial charge is 0.233 e. The van der Waals surface area contributed by atoms with Crippen LogP contribution >= 0.6 is 0 Å². The van der Waals surface area contributed by atoms with Gasteiger partial charge >= 0.3 is 0 Å². The van der Waals surface area contributed by atoms with Crippen LogP contribution in [0.5, 0.6) is 0 Å². The van der Waals surface area contributed by atoms with Crippen LogP contribution in [0.3, 0.4) is 0 Å². The van der Waals surface area contributed by atoms with Crippen molar-refractivity contribution in [3.8, 4) is 0 Å². The molecule has 0 aliphatic heterocycles. The van der Waals surface area contributed by atoms with Gasteiger partial charge in [-0.25, -0.2) is 0 Å². The van der Waals surface area contributed by atoms with Gasteiger partial charge in [0.2, 0.25) is 11.6 Å². The summed E-state index contributed by atoms with van der Waals surface area (Å²) in [6, 6.07) is 12.5.